The van der Waals surface area contributed by atoms with Crippen LogP contribution in [-0.4, -0.2) is 34.5 Å². The number of aromatic nitrogens is 2. The van der Waals surface area contributed by atoms with E-state index in [-0.39, 0.29) is 37.1 Å². The van der Waals surface area contributed by atoms with E-state index in [1.807, 2.05) is 0 Å². The number of para-hydroxylation sites is 1. The Bertz CT molecular complexity index is 1190. The number of anilines is 1. The van der Waals surface area contributed by atoms with Crippen molar-refractivity contribution in [2.24, 2.45) is 0 Å². The molecular weight excluding hydrogens is 384 g/mol. The van der Waals surface area contributed by atoms with E-state index in [1.165, 1.54) is 17.8 Å². The largest absolute Gasteiger partial charge is 0.481 e. The Morgan fingerprint density at radius 1 is 1.13 bits per heavy atom. The number of nitrogens with zero attached hydrogens (tertiary/aromatic N) is 2. The van der Waals surface area contributed by atoms with Gasteiger partial charge in [0, 0.05) is 18.7 Å². The summed E-state index contributed by atoms with van der Waals surface area (Å²) in [6.45, 7) is 1.56. The number of ether oxygens (including phenoxy) is 1. The SMILES string of the molecule is CC(=O)Nc1cccc(OCC#CCNC(=O)Cn2cnc3ccccc3c2=O)c1. The summed E-state index contributed by atoms with van der Waals surface area (Å²) in [6.07, 6.45) is 1.36. The van der Waals surface area contributed by atoms with Gasteiger partial charge in [-0.15, -0.1) is 0 Å². The zero-order valence-electron chi connectivity index (χ0n) is 16.3. The summed E-state index contributed by atoms with van der Waals surface area (Å²) in [5.41, 5.74) is 0.961. The average Bonchev–Trinajstić information content (AvgIpc) is 2.72. The van der Waals surface area contributed by atoms with Gasteiger partial charge in [-0.1, -0.05) is 30.0 Å². The Morgan fingerprint density at radius 3 is 2.80 bits per heavy atom. The molecule has 30 heavy (non-hydrogen) atoms. The summed E-state index contributed by atoms with van der Waals surface area (Å²) in [5, 5.41) is 5.77. The number of rotatable bonds is 6. The van der Waals surface area contributed by atoms with Crippen molar-refractivity contribution in [3.63, 3.8) is 0 Å². The second-order valence-corrected chi connectivity index (χ2v) is 6.32. The molecule has 8 nitrogen and oxygen atoms in total. The maximum Gasteiger partial charge on any atom is 0.261 e. The summed E-state index contributed by atoms with van der Waals surface area (Å²) >= 11 is 0. The van der Waals surface area contributed by atoms with Crippen molar-refractivity contribution in [2.45, 2.75) is 13.5 Å². The van der Waals surface area contributed by atoms with E-state index < -0.39 is 0 Å². The molecule has 0 atom stereocenters. The number of benzene rings is 2. The molecule has 0 radical (unpaired) electrons. The van der Waals surface area contributed by atoms with Gasteiger partial charge in [-0.2, -0.15) is 0 Å². The summed E-state index contributed by atoms with van der Waals surface area (Å²) < 4.78 is 6.76. The van der Waals surface area contributed by atoms with Crippen molar-refractivity contribution in [1.82, 2.24) is 14.9 Å². The summed E-state index contributed by atoms with van der Waals surface area (Å²) in [7, 11) is 0. The molecule has 8 heteroatoms. The van der Waals surface area contributed by atoms with Crippen LogP contribution in [0, 0.1) is 11.8 Å². The van der Waals surface area contributed by atoms with Gasteiger partial charge in [0.05, 0.1) is 23.8 Å². The highest BCUT2D eigenvalue weighted by atomic mass is 16.5. The Hall–Kier alpha value is -4.12. The number of hydrogen-bond donors (Lipinski definition) is 2. The van der Waals surface area contributed by atoms with Gasteiger partial charge < -0.3 is 15.4 Å². The third-order valence-corrected chi connectivity index (χ3v) is 4.01. The fourth-order valence-corrected chi connectivity index (χ4v) is 2.67. The molecule has 0 saturated carbocycles. The third kappa shape index (κ3) is 5.69. The normalized spacial score (nSPS) is 10.0. The lowest BCUT2D eigenvalue weighted by molar-refractivity contribution is -0.121. The van der Waals surface area contributed by atoms with E-state index in [2.05, 4.69) is 27.5 Å². The van der Waals surface area contributed by atoms with Gasteiger partial charge in [-0.3, -0.25) is 19.0 Å². The Morgan fingerprint density at radius 2 is 1.97 bits per heavy atom. The van der Waals surface area contributed by atoms with Crippen molar-refractivity contribution >= 4 is 28.4 Å². The lowest BCUT2D eigenvalue weighted by Crippen LogP contribution is -2.32. The average molecular weight is 404 g/mol. The molecule has 3 rings (SSSR count). The Balaban J connectivity index is 1.46. The first-order chi connectivity index (χ1) is 14.5. The lowest BCUT2D eigenvalue weighted by Gasteiger charge is -2.06. The molecule has 152 valence electrons. The van der Waals surface area contributed by atoms with Crippen LogP contribution in [0.1, 0.15) is 6.92 Å². The second-order valence-electron chi connectivity index (χ2n) is 6.32. The van der Waals surface area contributed by atoms with E-state index >= 15 is 0 Å². The van der Waals surface area contributed by atoms with Crippen molar-refractivity contribution in [3.05, 3.63) is 65.2 Å². The minimum atomic E-state index is -0.340. The maximum absolute atomic E-state index is 12.4. The summed E-state index contributed by atoms with van der Waals surface area (Å²) in [6, 6.07) is 13.9. The highest BCUT2D eigenvalue weighted by Crippen LogP contribution is 2.16. The van der Waals surface area contributed by atoms with Gasteiger partial charge in [0.15, 0.2) is 0 Å². The summed E-state index contributed by atoms with van der Waals surface area (Å²) in [5.74, 6) is 5.65. The van der Waals surface area contributed by atoms with Gasteiger partial charge in [0.25, 0.3) is 5.56 Å². The van der Waals surface area contributed by atoms with Gasteiger partial charge in [-0.05, 0) is 24.3 Å². The Labute approximate surface area is 172 Å². The topological polar surface area (TPSA) is 102 Å². The molecule has 1 aromatic heterocycles. The van der Waals surface area contributed by atoms with Crippen LogP contribution >= 0.6 is 0 Å². The molecule has 3 aromatic rings. The van der Waals surface area contributed by atoms with Crippen LogP contribution in [0.5, 0.6) is 5.75 Å². The smallest absolute Gasteiger partial charge is 0.261 e. The lowest BCUT2D eigenvalue weighted by atomic mass is 10.2. The van der Waals surface area contributed by atoms with Gasteiger partial charge in [-0.25, -0.2) is 4.98 Å². The molecule has 1 heterocycles. The van der Waals surface area contributed by atoms with Gasteiger partial charge in [0.2, 0.25) is 11.8 Å². The second kappa shape index (κ2) is 9.89. The number of carbonyl (C=O) groups excluding carboxylic acids is 2. The predicted octanol–water partition coefficient (Wildman–Crippen LogP) is 1.55. The molecule has 0 bridgehead atoms. The highest BCUT2D eigenvalue weighted by molar-refractivity contribution is 5.88. The van der Waals surface area contributed by atoms with Gasteiger partial charge >= 0.3 is 0 Å². The molecule has 2 aromatic carbocycles. The fourth-order valence-electron chi connectivity index (χ4n) is 2.67. The molecule has 0 aliphatic rings. The molecule has 0 fully saturated rings. The zero-order valence-corrected chi connectivity index (χ0v) is 16.3. The van der Waals surface area contributed by atoms with Crippen LogP contribution in [0.2, 0.25) is 0 Å². The van der Waals surface area contributed by atoms with Crippen molar-refractivity contribution in [2.75, 3.05) is 18.5 Å². The first-order valence-corrected chi connectivity index (χ1v) is 9.20. The fraction of sp³-hybridized carbons (Fsp3) is 0.182. The van der Waals surface area contributed by atoms with E-state index in [4.69, 9.17) is 4.74 Å². The molecule has 2 N–H and O–H groups in total. The zero-order chi connectivity index (χ0) is 21.3. The van der Waals surface area contributed by atoms with E-state index in [9.17, 15) is 14.4 Å². The molecule has 0 aliphatic carbocycles. The quantitative estimate of drug-likeness (QED) is 0.607. The molecular formula is C22H20N4O4. The molecule has 0 unspecified atom stereocenters. The predicted molar refractivity (Wildman–Crippen MR) is 113 cm³/mol. The standard InChI is InChI=1S/C22H20N4O4/c1-16(27)25-17-7-6-8-18(13-17)30-12-5-4-11-23-21(28)14-26-15-24-20-10-3-2-9-19(20)22(26)29/h2-3,6-10,13,15H,11-12,14H2,1H3,(H,23,28)(H,25,27). The van der Waals surface area contributed by atoms with Crippen LogP contribution in [0.15, 0.2) is 59.7 Å². The van der Waals surface area contributed by atoms with E-state index in [0.29, 0.717) is 22.3 Å². The first kappa shape index (κ1) is 20.6. The van der Waals surface area contributed by atoms with Crippen molar-refractivity contribution in [1.29, 1.82) is 0 Å². The highest BCUT2D eigenvalue weighted by Gasteiger charge is 2.07. The molecule has 0 aliphatic heterocycles. The number of hydrogen-bond acceptors (Lipinski definition) is 5. The number of amides is 2. The van der Waals surface area contributed by atoms with E-state index in [1.54, 1.807) is 48.5 Å². The summed E-state index contributed by atoms with van der Waals surface area (Å²) in [4.78, 5) is 39.7. The molecule has 2 amide bonds. The van der Waals surface area contributed by atoms with Crippen LogP contribution in [0.4, 0.5) is 5.69 Å². The molecule has 0 spiro atoms. The van der Waals surface area contributed by atoms with Crippen LogP contribution in [-0.2, 0) is 16.1 Å². The number of carbonyl (C=O) groups is 2. The Kier molecular flexibility index (Phi) is 6.79. The first-order valence-electron chi connectivity index (χ1n) is 9.20. The van der Waals surface area contributed by atoms with Crippen molar-refractivity contribution < 1.29 is 14.3 Å². The monoisotopic (exact) mass is 404 g/mol. The van der Waals surface area contributed by atoms with Crippen LogP contribution in [0.3, 0.4) is 0 Å². The van der Waals surface area contributed by atoms with Crippen LogP contribution in [0.25, 0.3) is 10.9 Å². The minimum absolute atomic E-state index is 0.129. The minimum Gasteiger partial charge on any atom is -0.481 e. The number of nitrogens with one attached hydrogen (secondary N) is 2. The van der Waals surface area contributed by atoms with Crippen LogP contribution < -0.4 is 20.9 Å². The maximum atomic E-state index is 12.4. The van der Waals surface area contributed by atoms with Gasteiger partial charge in [0.1, 0.15) is 18.9 Å². The van der Waals surface area contributed by atoms with Crippen molar-refractivity contribution in [3.8, 4) is 17.6 Å². The number of fused-ring (bicyclic) bond motifs is 1. The van der Waals surface area contributed by atoms with E-state index in [0.717, 1.165) is 0 Å². The molecule has 0 saturated heterocycles. The third-order valence-electron chi connectivity index (χ3n) is 4.01.